The molecule has 0 aromatic carbocycles. The van der Waals surface area contributed by atoms with Gasteiger partial charge in [-0.15, -0.1) is 0 Å². The van der Waals surface area contributed by atoms with E-state index in [9.17, 15) is 10.1 Å². The molecule has 1 heterocycles. The molecule has 3 N–H and O–H groups in total. The number of hydrogen-bond donors (Lipinski definition) is 2. The van der Waals surface area contributed by atoms with Crippen molar-refractivity contribution >= 4 is 17.5 Å². The van der Waals surface area contributed by atoms with Crippen LogP contribution in [0.25, 0.3) is 0 Å². The highest BCUT2D eigenvalue weighted by molar-refractivity contribution is 5.61. The van der Waals surface area contributed by atoms with Gasteiger partial charge in [-0.2, -0.15) is 4.98 Å². The Labute approximate surface area is 111 Å². The van der Waals surface area contributed by atoms with Gasteiger partial charge in [0.25, 0.3) is 0 Å². The molecule has 1 aromatic rings. The number of aromatic nitrogens is 2. The standard InChI is InChI=1S/C10H19N7O2/c1-7-8(17(18)19)9(13-10(12-7)14-11)16(4)6-5-15(2)3/h5-6,11H2,1-4H3,(H,12,13,14). The second-order valence-electron chi connectivity index (χ2n) is 4.43. The molecule has 0 fully saturated rings. The van der Waals surface area contributed by atoms with Crippen LogP contribution >= 0.6 is 0 Å². The van der Waals surface area contributed by atoms with Crippen molar-refractivity contribution in [2.45, 2.75) is 6.92 Å². The van der Waals surface area contributed by atoms with Crippen LogP contribution in [0.1, 0.15) is 5.69 Å². The first-order valence-electron chi connectivity index (χ1n) is 5.72. The van der Waals surface area contributed by atoms with Crippen LogP contribution < -0.4 is 16.2 Å². The predicted molar refractivity (Wildman–Crippen MR) is 73.1 cm³/mol. The van der Waals surface area contributed by atoms with Crippen LogP contribution in [0.3, 0.4) is 0 Å². The van der Waals surface area contributed by atoms with Gasteiger partial charge in [0.05, 0.1) is 4.92 Å². The molecule has 0 spiro atoms. The Kier molecular flexibility index (Phi) is 4.95. The first kappa shape index (κ1) is 15.1. The van der Waals surface area contributed by atoms with E-state index in [1.54, 1.807) is 18.9 Å². The molecule has 0 bridgehead atoms. The van der Waals surface area contributed by atoms with Crippen molar-refractivity contribution in [3.63, 3.8) is 0 Å². The monoisotopic (exact) mass is 269 g/mol. The molecule has 0 atom stereocenters. The molecular formula is C10H19N7O2. The largest absolute Gasteiger partial charge is 0.353 e. The van der Waals surface area contributed by atoms with Crippen LogP contribution in [0.15, 0.2) is 0 Å². The lowest BCUT2D eigenvalue weighted by Crippen LogP contribution is -2.30. The summed E-state index contributed by atoms with van der Waals surface area (Å²) in [5.74, 6) is 5.68. The van der Waals surface area contributed by atoms with Crippen molar-refractivity contribution in [1.29, 1.82) is 0 Å². The number of nitro groups is 1. The number of nitrogen functional groups attached to an aromatic ring is 1. The highest BCUT2D eigenvalue weighted by Gasteiger charge is 2.24. The van der Waals surface area contributed by atoms with E-state index >= 15 is 0 Å². The van der Waals surface area contributed by atoms with E-state index in [0.717, 1.165) is 6.54 Å². The van der Waals surface area contributed by atoms with Crippen molar-refractivity contribution in [3.05, 3.63) is 15.8 Å². The number of aryl methyl sites for hydroxylation is 1. The van der Waals surface area contributed by atoms with Gasteiger partial charge in [-0.05, 0) is 21.0 Å². The Balaban J connectivity index is 3.15. The fourth-order valence-electron chi connectivity index (χ4n) is 1.55. The number of rotatable bonds is 6. The van der Waals surface area contributed by atoms with Gasteiger partial charge in [0.1, 0.15) is 5.69 Å². The molecule has 0 aliphatic heterocycles. The molecule has 0 saturated heterocycles. The fourth-order valence-corrected chi connectivity index (χ4v) is 1.55. The fraction of sp³-hybridized carbons (Fsp3) is 0.600. The van der Waals surface area contributed by atoms with Crippen molar-refractivity contribution in [2.24, 2.45) is 5.84 Å². The van der Waals surface area contributed by atoms with Crippen LogP contribution in [0.4, 0.5) is 17.5 Å². The lowest BCUT2D eigenvalue weighted by Gasteiger charge is -2.21. The molecule has 0 amide bonds. The number of hydrazine groups is 1. The Morgan fingerprint density at radius 2 is 1.95 bits per heavy atom. The van der Waals surface area contributed by atoms with Gasteiger partial charge < -0.3 is 9.80 Å². The molecule has 19 heavy (non-hydrogen) atoms. The first-order valence-corrected chi connectivity index (χ1v) is 5.72. The zero-order valence-electron chi connectivity index (χ0n) is 11.5. The quantitative estimate of drug-likeness (QED) is 0.420. The molecule has 1 rings (SSSR count). The number of likely N-dealkylation sites (N-methyl/N-ethyl adjacent to an activating group) is 2. The Morgan fingerprint density at radius 1 is 1.32 bits per heavy atom. The second-order valence-corrected chi connectivity index (χ2v) is 4.43. The number of nitrogens with zero attached hydrogens (tertiary/aromatic N) is 5. The third-order valence-electron chi connectivity index (χ3n) is 2.60. The van der Waals surface area contributed by atoms with E-state index in [4.69, 9.17) is 5.84 Å². The average molecular weight is 269 g/mol. The van der Waals surface area contributed by atoms with Crippen LogP contribution in [-0.4, -0.2) is 54.0 Å². The average Bonchev–Trinajstić information content (AvgIpc) is 2.34. The zero-order chi connectivity index (χ0) is 14.6. The van der Waals surface area contributed by atoms with Crippen LogP contribution in [0.5, 0.6) is 0 Å². The molecule has 0 aliphatic rings. The van der Waals surface area contributed by atoms with Crippen molar-refractivity contribution < 1.29 is 4.92 Å². The van der Waals surface area contributed by atoms with Gasteiger partial charge in [0.15, 0.2) is 0 Å². The lowest BCUT2D eigenvalue weighted by atomic mass is 10.3. The Hall–Kier alpha value is -2.00. The summed E-state index contributed by atoms with van der Waals surface area (Å²) in [5.41, 5.74) is 2.49. The normalized spacial score (nSPS) is 10.6. The summed E-state index contributed by atoms with van der Waals surface area (Å²) >= 11 is 0. The van der Waals surface area contributed by atoms with E-state index in [1.165, 1.54) is 0 Å². The summed E-state index contributed by atoms with van der Waals surface area (Å²) < 4.78 is 0. The Morgan fingerprint density at radius 3 is 2.42 bits per heavy atom. The van der Waals surface area contributed by atoms with Gasteiger partial charge in [0, 0.05) is 20.1 Å². The van der Waals surface area contributed by atoms with Crippen molar-refractivity contribution in [2.75, 3.05) is 44.6 Å². The third-order valence-corrected chi connectivity index (χ3v) is 2.60. The van der Waals surface area contributed by atoms with E-state index in [-0.39, 0.29) is 23.1 Å². The summed E-state index contributed by atoms with van der Waals surface area (Å²) in [6, 6.07) is 0. The minimum atomic E-state index is -0.475. The molecule has 0 unspecified atom stereocenters. The maximum atomic E-state index is 11.1. The predicted octanol–water partition coefficient (Wildman–Crippen LogP) is -0.0234. The maximum Gasteiger partial charge on any atom is 0.332 e. The van der Waals surface area contributed by atoms with Gasteiger partial charge in [-0.3, -0.25) is 15.5 Å². The zero-order valence-corrected chi connectivity index (χ0v) is 11.5. The highest BCUT2D eigenvalue weighted by Crippen LogP contribution is 2.28. The molecule has 0 saturated carbocycles. The van der Waals surface area contributed by atoms with Gasteiger partial charge >= 0.3 is 5.69 Å². The van der Waals surface area contributed by atoms with E-state index in [0.29, 0.717) is 6.54 Å². The molecule has 9 nitrogen and oxygen atoms in total. The molecule has 106 valence electrons. The summed E-state index contributed by atoms with van der Waals surface area (Å²) in [6.07, 6.45) is 0. The Bertz CT molecular complexity index is 463. The third kappa shape index (κ3) is 3.73. The van der Waals surface area contributed by atoms with Crippen LogP contribution in [0.2, 0.25) is 0 Å². The second kappa shape index (κ2) is 6.25. The van der Waals surface area contributed by atoms with Gasteiger partial charge in [-0.1, -0.05) is 0 Å². The molecule has 1 aromatic heterocycles. The van der Waals surface area contributed by atoms with Crippen molar-refractivity contribution in [3.8, 4) is 0 Å². The van der Waals surface area contributed by atoms with Crippen LogP contribution in [0, 0.1) is 17.0 Å². The minimum Gasteiger partial charge on any atom is -0.353 e. The molecule has 0 aliphatic carbocycles. The molecular weight excluding hydrogens is 250 g/mol. The highest BCUT2D eigenvalue weighted by atomic mass is 16.6. The summed E-state index contributed by atoms with van der Waals surface area (Å²) in [5, 5.41) is 11.1. The van der Waals surface area contributed by atoms with Crippen LogP contribution in [-0.2, 0) is 0 Å². The van der Waals surface area contributed by atoms with E-state index in [1.807, 2.05) is 19.0 Å². The topological polar surface area (TPSA) is 113 Å². The number of hydrogen-bond acceptors (Lipinski definition) is 8. The smallest absolute Gasteiger partial charge is 0.332 e. The minimum absolute atomic E-state index is 0.0970. The number of nitrogens with one attached hydrogen (secondary N) is 1. The molecule has 0 radical (unpaired) electrons. The summed E-state index contributed by atoms with van der Waals surface area (Å²) in [6.45, 7) is 2.92. The van der Waals surface area contributed by atoms with Gasteiger partial charge in [-0.25, -0.2) is 10.8 Å². The molecule has 9 heteroatoms. The summed E-state index contributed by atoms with van der Waals surface area (Å²) in [4.78, 5) is 22.3. The number of nitrogens with two attached hydrogens (primary N) is 1. The van der Waals surface area contributed by atoms with E-state index in [2.05, 4.69) is 15.4 Å². The van der Waals surface area contributed by atoms with Gasteiger partial charge in [0.2, 0.25) is 11.8 Å². The summed E-state index contributed by atoms with van der Waals surface area (Å²) in [7, 11) is 5.61. The SMILES string of the molecule is Cc1nc(NN)nc(N(C)CCN(C)C)c1[N+](=O)[O-]. The van der Waals surface area contributed by atoms with Crippen molar-refractivity contribution in [1.82, 2.24) is 14.9 Å². The first-order chi connectivity index (χ1) is 8.86. The number of anilines is 2. The lowest BCUT2D eigenvalue weighted by molar-refractivity contribution is -0.385. The maximum absolute atomic E-state index is 11.1. The van der Waals surface area contributed by atoms with E-state index < -0.39 is 4.92 Å².